The van der Waals surface area contributed by atoms with Gasteiger partial charge in [-0.25, -0.2) is 0 Å². The second-order valence-electron chi connectivity index (χ2n) is 5.73. The molecule has 0 atom stereocenters. The monoisotopic (exact) mass is 291 g/mol. The minimum atomic E-state index is -0.806. The SMILES string of the molecule is Cn1ccc2c(Cl)c(C3(C(=O)O)CCCCC3)ccc21. The zero-order valence-corrected chi connectivity index (χ0v) is 12.3. The van der Waals surface area contributed by atoms with Crippen molar-refractivity contribution in [1.82, 2.24) is 4.57 Å². The summed E-state index contributed by atoms with van der Waals surface area (Å²) in [5.41, 5.74) is 1.01. The number of carbonyl (C=O) groups is 1. The van der Waals surface area contributed by atoms with Crippen LogP contribution in [0.25, 0.3) is 10.9 Å². The van der Waals surface area contributed by atoms with Gasteiger partial charge < -0.3 is 9.67 Å². The molecule has 106 valence electrons. The predicted molar refractivity (Wildman–Crippen MR) is 80.3 cm³/mol. The Kier molecular flexibility index (Phi) is 3.25. The lowest BCUT2D eigenvalue weighted by Gasteiger charge is -2.34. The van der Waals surface area contributed by atoms with Gasteiger partial charge in [-0.3, -0.25) is 4.79 Å². The average Bonchev–Trinajstić information content (AvgIpc) is 2.82. The first-order valence-electron chi connectivity index (χ1n) is 7.04. The zero-order chi connectivity index (χ0) is 14.3. The third-order valence-electron chi connectivity index (χ3n) is 4.63. The van der Waals surface area contributed by atoms with E-state index in [1.54, 1.807) is 0 Å². The molecule has 20 heavy (non-hydrogen) atoms. The molecule has 1 aromatic carbocycles. The number of hydrogen-bond donors (Lipinski definition) is 1. The van der Waals surface area contributed by atoms with Gasteiger partial charge in [0.25, 0.3) is 0 Å². The standard InChI is InChI=1S/C16H18ClNO2/c1-18-10-7-11-13(18)6-5-12(14(11)17)16(15(19)20)8-3-2-4-9-16/h5-7,10H,2-4,8-9H2,1H3,(H,19,20). The lowest BCUT2D eigenvalue weighted by atomic mass is 9.69. The molecule has 1 aromatic heterocycles. The first-order valence-corrected chi connectivity index (χ1v) is 7.41. The van der Waals surface area contributed by atoms with E-state index in [2.05, 4.69) is 0 Å². The maximum Gasteiger partial charge on any atom is 0.314 e. The fourth-order valence-electron chi connectivity index (χ4n) is 3.44. The smallest absolute Gasteiger partial charge is 0.314 e. The van der Waals surface area contributed by atoms with Crippen molar-refractivity contribution in [2.24, 2.45) is 7.05 Å². The summed E-state index contributed by atoms with van der Waals surface area (Å²) >= 11 is 6.55. The highest BCUT2D eigenvalue weighted by Crippen LogP contribution is 2.44. The summed E-state index contributed by atoms with van der Waals surface area (Å²) in [5.74, 6) is -0.741. The summed E-state index contributed by atoms with van der Waals surface area (Å²) in [6, 6.07) is 5.85. The third-order valence-corrected chi connectivity index (χ3v) is 5.04. The molecule has 0 spiro atoms. The van der Waals surface area contributed by atoms with Crippen LogP contribution < -0.4 is 0 Å². The Morgan fingerprint density at radius 2 is 1.95 bits per heavy atom. The first kappa shape index (κ1) is 13.5. The molecular weight excluding hydrogens is 274 g/mol. The summed E-state index contributed by atoms with van der Waals surface area (Å²) in [6.45, 7) is 0. The van der Waals surface area contributed by atoms with E-state index in [-0.39, 0.29) is 0 Å². The van der Waals surface area contributed by atoms with Crippen LogP contribution in [0.3, 0.4) is 0 Å². The molecule has 1 saturated carbocycles. The molecule has 1 heterocycles. The van der Waals surface area contributed by atoms with Gasteiger partial charge in [-0.1, -0.05) is 36.9 Å². The number of fused-ring (bicyclic) bond motifs is 1. The Balaban J connectivity index is 2.21. The van der Waals surface area contributed by atoms with Gasteiger partial charge in [-0.05, 0) is 30.5 Å². The quantitative estimate of drug-likeness (QED) is 0.904. The summed E-state index contributed by atoms with van der Waals surface area (Å²) in [7, 11) is 1.96. The van der Waals surface area contributed by atoms with Crippen molar-refractivity contribution in [3.63, 3.8) is 0 Å². The van der Waals surface area contributed by atoms with Gasteiger partial charge in [0.15, 0.2) is 0 Å². The second kappa shape index (κ2) is 4.81. The number of aromatic nitrogens is 1. The van der Waals surface area contributed by atoms with E-state index in [0.717, 1.165) is 35.7 Å². The van der Waals surface area contributed by atoms with Crippen molar-refractivity contribution >= 4 is 28.5 Å². The second-order valence-corrected chi connectivity index (χ2v) is 6.11. The molecule has 1 aliphatic carbocycles. The van der Waals surface area contributed by atoms with Crippen LogP contribution in [0.4, 0.5) is 0 Å². The number of halogens is 1. The largest absolute Gasteiger partial charge is 0.481 e. The van der Waals surface area contributed by atoms with Gasteiger partial charge in [0, 0.05) is 24.1 Å². The van der Waals surface area contributed by atoms with Gasteiger partial charge >= 0.3 is 5.97 Å². The van der Waals surface area contributed by atoms with Crippen molar-refractivity contribution in [2.45, 2.75) is 37.5 Å². The van der Waals surface area contributed by atoms with Gasteiger partial charge in [0.2, 0.25) is 0 Å². The van der Waals surface area contributed by atoms with E-state index in [1.165, 1.54) is 0 Å². The maximum absolute atomic E-state index is 11.9. The minimum absolute atomic E-state index is 0.604. The molecule has 1 fully saturated rings. The summed E-state index contributed by atoms with van der Waals surface area (Å²) in [5, 5.41) is 11.3. The van der Waals surface area contributed by atoms with Crippen molar-refractivity contribution in [2.75, 3.05) is 0 Å². The first-order chi connectivity index (χ1) is 9.56. The number of carboxylic acid groups (broad SMARTS) is 1. The maximum atomic E-state index is 11.9. The summed E-state index contributed by atoms with van der Waals surface area (Å²) in [4.78, 5) is 11.9. The predicted octanol–water partition coefficient (Wildman–Crippen LogP) is 4.12. The molecule has 0 unspecified atom stereocenters. The van der Waals surface area contributed by atoms with Crippen LogP contribution in [0.5, 0.6) is 0 Å². The topological polar surface area (TPSA) is 42.2 Å². The lowest BCUT2D eigenvalue weighted by molar-refractivity contribution is -0.145. The van der Waals surface area contributed by atoms with Gasteiger partial charge in [-0.15, -0.1) is 0 Å². The Bertz CT molecular complexity index is 668. The van der Waals surface area contributed by atoms with Gasteiger partial charge in [0.05, 0.1) is 10.4 Å². The highest BCUT2D eigenvalue weighted by atomic mass is 35.5. The Morgan fingerprint density at radius 3 is 2.60 bits per heavy atom. The fourth-order valence-corrected chi connectivity index (χ4v) is 3.84. The fraction of sp³-hybridized carbons (Fsp3) is 0.438. The van der Waals surface area contributed by atoms with Crippen LogP contribution >= 0.6 is 11.6 Å². The Hall–Kier alpha value is -1.48. The molecule has 0 aliphatic heterocycles. The molecule has 3 rings (SSSR count). The highest BCUT2D eigenvalue weighted by molar-refractivity contribution is 6.36. The molecule has 0 bridgehead atoms. The molecule has 1 N–H and O–H groups in total. The number of carboxylic acids is 1. The van der Waals surface area contributed by atoms with Crippen LogP contribution in [-0.2, 0) is 17.3 Å². The molecule has 2 aromatic rings. The van der Waals surface area contributed by atoms with E-state index in [1.807, 2.05) is 36.0 Å². The van der Waals surface area contributed by atoms with Crippen molar-refractivity contribution in [3.05, 3.63) is 35.0 Å². The molecule has 1 aliphatic rings. The molecule has 0 amide bonds. The number of benzene rings is 1. The Morgan fingerprint density at radius 1 is 1.25 bits per heavy atom. The van der Waals surface area contributed by atoms with E-state index in [9.17, 15) is 9.90 Å². The molecular formula is C16H18ClNO2. The van der Waals surface area contributed by atoms with E-state index >= 15 is 0 Å². The van der Waals surface area contributed by atoms with Crippen LogP contribution in [0.1, 0.15) is 37.7 Å². The van der Waals surface area contributed by atoms with Crippen molar-refractivity contribution < 1.29 is 9.90 Å². The van der Waals surface area contributed by atoms with Crippen LogP contribution in [0.2, 0.25) is 5.02 Å². The summed E-state index contributed by atoms with van der Waals surface area (Å²) in [6.07, 6.45) is 6.33. The van der Waals surface area contributed by atoms with Crippen molar-refractivity contribution in [1.29, 1.82) is 0 Å². The average molecular weight is 292 g/mol. The Labute approximate surface area is 123 Å². The number of aryl methyl sites for hydroxylation is 1. The number of nitrogens with zero attached hydrogens (tertiary/aromatic N) is 1. The molecule has 0 saturated heterocycles. The van der Waals surface area contributed by atoms with Gasteiger partial charge in [-0.2, -0.15) is 0 Å². The van der Waals surface area contributed by atoms with Crippen LogP contribution in [0, 0.1) is 0 Å². The normalized spacial score (nSPS) is 18.3. The third kappa shape index (κ3) is 1.84. The van der Waals surface area contributed by atoms with Crippen LogP contribution in [-0.4, -0.2) is 15.6 Å². The lowest BCUT2D eigenvalue weighted by Crippen LogP contribution is -2.38. The molecule has 0 radical (unpaired) electrons. The number of hydrogen-bond acceptors (Lipinski definition) is 1. The molecule has 4 heteroatoms. The number of aliphatic carboxylic acids is 1. The molecule has 3 nitrogen and oxygen atoms in total. The van der Waals surface area contributed by atoms with Crippen LogP contribution in [0.15, 0.2) is 24.4 Å². The minimum Gasteiger partial charge on any atom is -0.481 e. The van der Waals surface area contributed by atoms with E-state index in [0.29, 0.717) is 17.9 Å². The summed E-state index contributed by atoms with van der Waals surface area (Å²) < 4.78 is 2.00. The van der Waals surface area contributed by atoms with E-state index < -0.39 is 11.4 Å². The zero-order valence-electron chi connectivity index (χ0n) is 11.5. The number of rotatable bonds is 2. The van der Waals surface area contributed by atoms with Gasteiger partial charge in [0.1, 0.15) is 0 Å². The van der Waals surface area contributed by atoms with E-state index in [4.69, 9.17) is 11.6 Å². The van der Waals surface area contributed by atoms with Crippen molar-refractivity contribution in [3.8, 4) is 0 Å². The highest BCUT2D eigenvalue weighted by Gasteiger charge is 2.42.